The summed E-state index contributed by atoms with van der Waals surface area (Å²) in [6, 6.07) is -3.11. The van der Waals surface area contributed by atoms with E-state index in [9.17, 15) is 19.2 Å². The Kier molecular flexibility index (Phi) is 3.87. The van der Waals surface area contributed by atoms with Gasteiger partial charge in [0.2, 0.25) is 0 Å². The van der Waals surface area contributed by atoms with Crippen molar-refractivity contribution in [3.8, 4) is 0 Å². The van der Waals surface area contributed by atoms with Gasteiger partial charge in [-0.05, 0) is 0 Å². The molecule has 12 heteroatoms. The Morgan fingerprint density at radius 1 is 0.947 bits per heavy atom. The molecule has 0 aliphatic heterocycles. The van der Waals surface area contributed by atoms with E-state index in [2.05, 4.69) is 9.97 Å². The summed E-state index contributed by atoms with van der Waals surface area (Å²) in [6.07, 6.45) is 0. The number of primary amides is 3. The SMILES string of the molecule is NC(=O)Nc1nc(=O)[nH]c(NC(N)=O)c1NC(N)=O. The molecule has 0 bridgehead atoms. The van der Waals surface area contributed by atoms with Crippen LogP contribution in [-0.4, -0.2) is 28.1 Å². The van der Waals surface area contributed by atoms with Gasteiger partial charge in [-0.15, -0.1) is 0 Å². The van der Waals surface area contributed by atoms with Crippen molar-refractivity contribution in [1.29, 1.82) is 0 Å². The van der Waals surface area contributed by atoms with Crippen LogP contribution in [0.5, 0.6) is 0 Å². The van der Waals surface area contributed by atoms with Crippen LogP contribution in [0.25, 0.3) is 0 Å². The molecule has 10 N–H and O–H groups in total. The second kappa shape index (κ2) is 5.35. The first-order valence-electron chi connectivity index (χ1n) is 4.63. The minimum atomic E-state index is -1.05. The second-order valence-electron chi connectivity index (χ2n) is 3.11. The van der Waals surface area contributed by atoms with E-state index in [0.717, 1.165) is 0 Å². The predicted molar refractivity (Wildman–Crippen MR) is 64.5 cm³/mol. The lowest BCUT2D eigenvalue weighted by molar-refractivity contribution is 0.258. The number of H-pyrrole nitrogens is 1. The molecule has 0 aliphatic rings. The van der Waals surface area contributed by atoms with Crippen LogP contribution in [0.15, 0.2) is 4.79 Å². The number of anilines is 3. The quantitative estimate of drug-likeness (QED) is 0.339. The minimum Gasteiger partial charge on any atom is -0.351 e. The fourth-order valence-corrected chi connectivity index (χ4v) is 1.14. The van der Waals surface area contributed by atoms with Gasteiger partial charge in [0, 0.05) is 0 Å². The number of carbonyl (C=O) groups is 3. The van der Waals surface area contributed by atoms with Gasteiger partial charge in [-0.3, -0.25) is 15.6 Å². The van der Waals surface area contributed by atoms with Crippen molar-refractivity contribution in [2.45, 2.75) is 0 Å². The first-order valence-corrected chi connectivity index (χ1v) is 4.63. The fourth-order valence-electron chi connectivity index (χ4n) is 1.14. The molecule has 1 rings (SSSR count). The van der Waals surface area contributed by atoms with E-state index < -0.39 is 29.6 Å². The van der Waals surface area contributed by atoms with E-state index in [4.69, 9.17) is 17.2 Å². The zero-order valence-electron chi connectivity index (χ0n) is 9.31. The zero-order chi connectivity index (χ0) is 14.6. The molecule has 12 nitrogen and oxygen atoms in total. The molecule has 0 atom stereocenters. The highest BCUT2D eigenvalue weighted by Gasteiger charge is 2.16. The van der Waals surface area contributed by atoms with Gasteiger partial charge in [0.15, 0.2) is 5.82 Å². The van der Waals surface area contributed by atoms with Crippen LogP contribution >= 0.6 is 0 Å². The van der Waals surface area contributed by atoms with Gasteiger partial charge in [0.05, 0.1) is 0 Å². The Bertz CT molecular complexity index is 553. The molecule has 6 amide bonds. The number of nitrogens with one attached hydrogen (secondary N) is 4. The second-order valence-corrected chi connectivity index (χ2v) is 3.11. The molecule has 0 aromatic carbocycles. The third-order valence-electron chi connectivity index (χ3n) is 1.67. The summed E-state index contributed by atoms with van der Waals surface area (Å²) in [5, 5.41) is 6.04. The third-order valence-corrected chi connectivity index (χ3v) is 1.67. The summed E-state index contributed by atoms with van der Waals surface area (Å²) in [5.41, 5.74) is 13.4. The van der Waals surface area contributed by atoms with Gasteiger partial charge in [0.1, 0.15) is 11.5 Å². The Morgan fingerprint density at radius 2 is 1.47 bits per heavy atom. The van der Waals surface area contributed by atoms with E-state index >= 15 is 0 Å². The summed E-state index contributed by atoms with van der Waals surface area (Å²) >= 11 is 0. The Morgan fingerprint density at radius 3 is 1.95 bits per heavy atom. The maximum atomic E-state index is 11.2. The molecule has 1 heterocycles. The molecular weight excluding hydrogens is 260 g/mol. The van der Waals surface area contributed by atoms with Crippen molar-refractivity contribution in [1.82, 2.24) is 9.97 Å². The normalized spacial score (nSPS) is 9.47. The Hall–Kier alpha value is -3.31. The molecule has 0 saturated carbocycles. The summed E-state index contributed by atoms with van der Waals surface area (Å²) in [4.78, 5) is 49.0. The number of nitrogens with zero attached hydrogens (tertiary/aromatic N) is 1. The Labute approximate surface area is 104 Å². The van der Waals surface area contributed by atoms with Gasteiger partial charge in [-0.2, -0.15) is 4.98 Å². The van der Waals surface area contributed by atoms with Crippen LogP contribution in [0.1, 0.15) is 0 Å². The van der Waals surface area contributed by atoms with Crippen LogP contribution in [0.2, 0.25) is 0 Å². The molecule has 102 valence electrons. The maximum absolute atomic E-state index is 11.2. The van der Waals surface area contributed by atoms with Crippen LogP contribution in [-0.2, 0) is 0 Å². The molecule has 19 heavy (non-hydrogen) atoms. The number of amides is 6. The van der Waals surface area contributed by atoms with Crippen molar-refractivity contribution < 1.29 is 14.4 Å². The predicted octanol–water partition coefficient (Wildman–Crippen LogP) is -1.76. The topological polar surface area (TPSA) is 211 Å². The molecule has 0 saturated heterocycles. The van der Waals surface area contributed by atoms with Gasteiger partial charge < -0.3 is 22.5 Å². The molecule has 0 aliphatic carbocycles. The van der Waals surface area contributed by atoms with Crippen LogP contribution in [0.3, 0.4) is 0 Å². The maximum Gasteiger partial charge on any atom is 0.348 e. The average molecular weight is 270 g/mol. The van der Waals surface area contributed by atoms with E-state index in [1.807, 2.05) is 16.0 Å². The van der Waals surface area contributed by atoms with Crippen molar-refractivity contribution in [2.75, 3.05) is 16.0 Å². The highest BCUT2D eigenvalue weighted by atomic mass is 16.2. The summed E-state index contributed by atoms with van der Waals surface area (Å²) in [7, 11) is 0. The monoisotopic (exact) mass is 270 g/mol. The first-order chi connectivity index (χ1) is 8.79. The number of rotatable bonds is 3. The number of hydrogen-bond donors (Lipinski definition) is 7. The Balaban J connectivity index is 3.37. The molecule has 0 fully saturated rings. The van der Waals surface area contributed by atoms with Crippen molar-refractivity contribution >= 4 is 35.4 Å². The van der Waals surface area contributed by atoms with Crippen molar-refractivity contribution in [3.63, 3.8) is 0 Å². The van der Waals surface area contributed by atoms with Crippen LogP contribution in [0.4, 0.5) is 31.7 Å². The van der Waals surface area contributed by atoms with Crippen LogP contribution < -0.4 is 38.8 Å². The highest BCUT2D eigenvalue weighted by molar-refractivity contribution is 6.02. The van der Waals surface area contributed by atoms with Gasteiger partial charge in [0.25, 0.3) is 0 Å². The number of aromatic amines is 1. The standard InChI is InChI=1S/C7H10N8O4/c8-4(16)11-1-2(12-5(9)17)14-7(19)15-3(1)13-6(10)18/h(H3,8,11,16)(H7,9,10,12,13,14,15,17,18,19). The minimum absolute atomic E-state index is 0.273. The molecule has 0 radical (unpaired) electrons. The summed E-state index contributed by atoms with van der Waals surface area (Å²) < 4.78 is 0. The van der Waals surface area contributed by atoms with Crippen molar-refractivity contribution in [2.24, 2.45) is 17.2 Å². The molecule has 1 aromatic heterocycles. The smallest absolute Gasteiger partial charge is 0.348 e. The molecule has 0 spiro atoms. The summed E-state index contributed by atoms with van der Waals surface area (Å²) in [6.45, 7) is 0. The molecule has 0 unspecified atom stereocenters. The number of nitrogens with two attached hydrogens (primary N) is 3. The van der Waals surface area contributed by atoms with E-state index in [-0.39, 0.29) is 11.5 Å². The third kappa shape index (κ3) is 3.88. The first kappa shape index (κ1) is 13.8. The number of urea groups is 3. The number of aromatic nitrogens is 2. The lowest BCUT2D eigenvalue weighted by Gasteiger charge is -2.12. The van der Waals surface area contributed by atoms with E-state index in [1.165, 1.54) is 0 Å². The fraction of sp³-hybridized carbons (Fsp3) is 0. The van der Waals surface area contributed by atoms with Gasteiger partial charge >= 0.3 is 23.8 Å². The van der Waals surface area contributed by atoms with E-state index in [0.29, 0.717) is 0 Å². The van der Waals surface area contributed by atoms with Crippen LogP contribution in [0, 0.1) is 0 Å². The molecular formula is C7H10N8O4. The van der Waals surface area contributed by atoms with E-state index in [1.54, 1.807) is 0 Å². The summed E-state index contributed by atoms with van der Waals surface area (Å²) in [5.74, 6) is -0.714. The average Bonchev–Trinajstić information content (AvgIpc) is 2.20. The number of carbonyl (C=O) groups excluding carboxylic acids is 3. The van der Waals surface area contributed by atoms with Crippen molar-refractivity contribution in [3.05, 3.63) is 10.5 Å². The van der Waals surface area contributed by atoms with Gasteiger partial charge in [-0.1, -0.05) is 0 Å². The largest absolute Gasteiger partial charge is 0.351 e. The molecule has 1 aromatic rings. The lowest BCUT2D eigenvalue weighted by Crippen LogP contribution is -2.30. The zero-order valence-corrected chi connectivity index (χ0v) is 9.31. The highest BCUT2D eigenvalue weighted by Crippen LogP contribution is 2.24. The lowest BCUT2D eigenvalue weighted by atomic mass is 10.4. The van der Waals surface area contributed by atoms with Gasteiger partial charge in [-0.25, -0.2) is 19.2 Å². The number of hydrogen-bond acceptors (Lipinski definition) is 5.